The van der Waals surface area contributed by atoms with E-state index in [9.17, 15) is 4.79 Å². The van der Waals surface area contributed by atoms with Crippen LogP contribution in [-0.4, -0.2) is 22.6 Å². The zero-order valence-corrected chi connectivity index (χ0v) is 14.4. The second-order valence-electron chi connectivity index (χ2n) is 6.18. The maximum absolute atomic E-state index is 12.4. The third-order valence-electron chi connectivity index (χ3n) is 4.34. The number of carbonyl (C=O) groups is 1. The van der Waals surface area contributed by atoms with Crippen LogP contribution in [0.5, 0.6) is 0 Å². The molecule has 1 unspecified atom stereocenters. The van der Waals surface area contributed by atoms with Gasteiger partial charge in [0.15, 0.2) is 0 Å². The Labute approximate surface area is 150 Å². The highest BCUT2D eigenvalue weighted by Crippen LogP contribution is 2.35. The van der Waals surface area contributed by atoms with Gasteiger partial charge in [0, 0.05) is 18.5 Å². The fourth-order valence-corrected chi connectivity index (χ4v) is 3.38. The second-order valence-corrected chi connectivity index (χ2v) is 6.59. The molecule has 4 rings (SSSR count). The van der Waals surface area contributed by atoms with E-state index in [1.54, 1.807) is 4.90 Å². The van der Waals surface area contributed by atoms with Crippen LogP contribution in [0.15, 0.2) is 53.1 Å². The van der Waals surface area contributed by atoms with Crippen LogP contribution < -0.4 is 4.90 Å². The Bertz CT molecular complexity index is 923. The van der Waals surface area contributed by atoms with Gasteiger partial charge in [0.25, 0.3) is 0 Å². The third-order valence-corrected chi connectivity index (χ3v) is 4.64. The summed E-state index contributed by atoms with van der Waals surface area (Å²) in [6.45, 7) is 2.45. The summed E-state index contributed by atoms with van der Waals surface area (Å²) >= 11 is 6.31. The molecule has 1 amide bonds. The van der Waals surface area contributed by atoms with Gasteiger partial charge in [-0.3, -0.25) is 4.79 Å². The Morgan fingerprint density at radius 2 is 2.00 bits per heavy atom. The van der Waals surface area contributed by atoms with Gasteiger partial charge in [-0.05, 0) is 24.6 Å². The minimum atomic E-state index is -0.130. The Balaban J connectivity index is 1.57. The lowest BCUT2D eigenvalue weighted by atomic mass is 10.1. The number of amides is 1. The van der Waals surface area contributed by atoms with E-state index in [0.29, 0.717) is 29.7 Å². The van der Waals surface area contributed by atoms with Crippen molar-refractivity contribution in [3.05, 3.63) is 65.0 Å². The largest absolute Gasteiger partial charge is 0.339 e. The van der Waals surface area contributed by atoms with E-state index in [2.05, 4.69) is 10.1 Å². The van der Waals surface area contributed by atoms with Crippen molar-refractivity contribution in [2.45, 2.75) is 19.3 Å². The van der Waals surface area contributed by atoms with E-state index in [4.69, 9.17) is 16.1 Å². The predicted molar refractivity (Wildman–Crippen MR) is 95.6 cm³/mol. The highest BCUT2D eigenvalue weighted by atomic mass is 35.5. The summed E-state index contributed by atoms with van der Waals surface area (Å²) < 4.78 is 5.41. The summed E-state index contributed by atoms with van der Waals surface area (Å²) in [5.41, 5.74) is 2.67. The molecule has 3 aromatic rings. The van der Waals surface area contributed by atoms with E-state index in [-0.39, 0.29) is 11.8 Å². The molecule has 126 valence electrons. The van der Waals surface area contributed by atoms with E-state index in [0.717, 1.165) is 16.8 Å². The minimum absolute atomic E-state index is 0.00946. The summed E-state index contributed by atoms with van der Waals surface area (Å²) in [6, 6.07) is 15.3. The Morgan fingerprint density at radius 3 is 2.76 bits per heavy atom. The van der Waals surface area contributed by atoms with Gasteiger partial charge < -0.3 is 9.42 Å². The number of aromatic nitrogens is 2. The van der Waals surface area contributed by atoms with Crippen LogP contribution >= 0.6 is 11.6 Å². The van der Waals surface area contributed by atoms with Crippen molar-refractivity contribution in [2.24, 2.45) is 0 Å². The Hall–Kier alpha value is -2.66. The molecule has 0 aliphatic carbocycles. The van der Waals surface area contributed by atoms with E-state index in [1.807, 2.05) is 55.5 Å². The van der Waals surface area contributed by atoms with Crippen molar-refractivity contribution in [3.63, 3.8) is 0 Å². The SMILES string of the molecule is Cc1ccc(N2CC(c3nc(-c4ccccc4)no3)CC2=O)c(Cl)c1. The maximum atomic E-state index is 12.4. The molecule has 1 aromatic heterocycles. The molecule has 1 fully saturated rings. The number of nitrogens with zero attached hydrogens (tertiary/aromatic N) is 3. The third kappa shape index (κ3) is 3.03. The number of hydrogen-bond donors (Lipinski definition) is 0. The van der Waals surface area contributed by atoms with Crippen LogP contribution in [0.3, 0.4) is 0 Å². The van der Waals surface area contributed by atoms with Crippen LogP contribution in [0.1, 0.15) is 23.8 Å². The molecular weight excluding hydrogens is 338 g/mol. The molecule has 0 spiro atoms. The molecule has 1 atom stereocenters. The highest BCUT2D eigenvalue weighted by Gasteiger charge is 2.36. The molecular formula is C19H16ClN3O2. The van der Waals surface area contributed by atoms with Crippen LogP contribution in [-0.2, 0) is 4.79 Å². The molecule has 0 N–H and O–H groups in total. The lowest BCUT2D eigenvalue weighted by Gasteiger charge is -2.18. The Morgan fingerprint density at radius 1 is 1.20 bits per heavy atom. The maximum Gasteiger partial charge on any atom is 0.232 e. The predicted octanol–water partition coefficient (Wildman–Crippen LogP) is 4.22. The number of anilines is 1. The number of carbonyl (C=O) groups excluding carboxylic acids is 1. The van der Waals surface area contributed by atoms with Crippen LogP contribution in [0, 0.1) is 6.92 Å². The van der Waals surface area contributed by atoms with Gasteiger partial charge >= 0.3 is 0 Å². The van der Waals surface area contributed by atoms with Gasteiger partial charge in [-0.15, -0.1) is 0 Å². The summed E-state index contributed by atoms with van der Waals surface area (Å²) in [5.74, 6) is 0.901. The van der Waals surface area contributed by atoms with Crippen molar-refractivity contribution >= 4 is 23.2 Å². The van der Waals surface area contributed by atoms with Crippen molar-refractivity contribution in [1.82, 2.24) is 10.1 Å². The average molecular weight is 354 g/mol. The fourth-order valence-electron chi connectivity index (χ4n) is 3.04. The lowest BCUT2D eigenvalue weighted by Crippen LogP contribution is -2.24. The lowest BCUT2D eigenvalue weighted by molar-refractivity contribution is -0.117. The standard InChI is InChI=1S/C19H16ClN3O2/c1-12-7-8-16(15(20)9-12)23-11-14(10-17(23)24)19-21-18(22-25-19)13-5-3-2-4-6-13/h2-9,14H,10-11H2,1H3. The molecule has 1 saturated heterocycles. The molecule has 2 heterocycles. The average Bonchev–Trinajstić information content (AvgIpc) is 3.23. The molecule has 1 aliphatic rings. The zero-order valence-electron chi connectivity index (χ0n) is 13.6. The molecule has 1 aliphatic heterocycles. The van der Waals surface area contributed by atoms with Gasteiger partial charge in [-0.1, -0.05) is 53.2 Å². The van der Waals surface area contributed by atoms with Gasteiger partial charge in [-0.25, -0.2) is 0 Å². The zero-order chi connectivity index (χ0) is 17.4. The molecule has 2 aromatic carbocycles. The fraction of sp³-hybridized carbons (Fsp3) is 0.211. The second kappa shape index (κ2) is 6.33. The van der Waals surface area contributed by atoms with Gasteiger partial charge in [0.1, 0.15) is 0 Å². The van der Waals surface area contributed by atoms with Gasteiger partial charge in [0.2, 0.25) is 17.6 Å². The van der Waals surface area contributed by atoms with Crippen molar-refractivity contribution in [2.75, 3.05) is 11.4 Å². The normalized spacial score (nSPS) is 17.3. The van der Waals surface area contributed by atoms with Crippen LogP contribution in [0.2, 0.25) is 5.02 Å². The number of aryl methyl sites for hydroxylation is 1. The molecule has 5 nitrogen and oxygen atoms in total. The van der Waals surface area contributed by atoms with E-state index in [1.165, 1.54) is 0 Å². The van der Waals surface area contributed by atoms with Crippen molar-refractivity contribution < 1.29 is 9.32 Å². The van der Waals surface area contributed by atoms with E-state index < -0.39 is 0 Å². The summed E-state index contributed by atoms with van der Waals surface area (Å²) in [5, 5.41) is 4.61. The molecule has 6 heteroatoms. The molecule has 0 saturated carbocycles. The van der Waals surface area contributed by atoms with E-state index >= 15 is 0 Å². The van der Waals surface area contributed by atoms with Gasteiger partial charge in [-0.2, -0.15) is 4.98 Å². The summed E-state index contributed by atoms with van der Waals surface area (Å²) in [4.78, 5) is 18.6. The minimum Gasteiger partial charge on any atom is -0.339 e. The van der Waals surface area contributed by atoms with Crippen molar-refractivity contribution in [3.8, 4) is 11.4 Å². The van der Waals surface area contributed by atoms with Crippen LogP contribution in [0.25, 0.3) is 11.4 Å². The molecule has 0 bridgehead atoms. The summed E-state index contributed by atoms with van der Waals surface area (Å²) in [6.07, 6.45) is 0.334. The first kappa shape index (κ1) is 15.8. The number of rotatable bonds is 3. The number of benzene rings is 2. The monoisotopic (exact) mass is 353 g/mol. The smallest absolute Gasteiger partial charge is 0.232 e. The summed E-state index contributed by atoms with van der Waals surface area (Å²) in [7, 11) is 0. The number of hydrogen-bond acceptors (Lipinski definition) is 4. The highest BCUT2D eigenvalue weighted by molar-refractivity contribution is 6.34. The van der Waals surface area contributed by atoms with Gasteiger partial charge in [0.05, 0.1) is 16.6 Å². The first-order chi connectivity index (χ1) is 12.1. The first-order valence-electron chi connectivity index (χ1n) is 8.07. The van der Waals surface area contributed by atoms with Crippen LogP contribution in [0.4, 0.5) is 5.69 Å². The Kier molecular flexibility index (Phi) is 4.01. The molecule has 25 heavy (non-hydrogen) atoms. The number of halogens is 1. The topological polar surface area (TPSA) is 59.2 Å². The van der Waals surface area contributed by atoms with Crippen molar-refractivity contribution in [1.29, 1.82) is 0 Å². The molecule has 0 radical (unpaired) electrons. The quantitative estimate of drug-likeness (QED) is 0.707. The first-order valence-corrected chi connectivity index (χ1v) is 8.45.